The average molecular weight is 262 g/mol. The Labute approximate surface area is 119 Å². The summed E-state index contributed by atoms with van der Waals surface area (Å²) in [5, 5.41) is 3.61. The Morgan fingerprint density at radius 1 is 1.26 bits per heavy atom. The lowest BCUT2D eigenvalue weighted by molar-refractivity contribution is 0.222. The van der Waals surface area contributed by atoms with Crippen LogP contribution in [-0.4, -0.2) is 17.6 Å². The Kier molecular flexibility index (Phi) is 5.99. The van der Waals surface area contributed by atoms with Crippen LogP contribution in [0.4, 0.5) is 0 Å². The molecule has 0 aromatic carbocycles. The van der Waals surface area contributed by atoms with E-state index in [1.807, 2.05) is 6.20 Å². The molecule has 0 radical (unpaired) electrons. The number of aromatic nitrogens is 1. The van der Waals surface area contributed by atoms with Crippen LogP contribution >= 0.6 is 0 Å². The lowest BCUT2D eigenvalue weighted by Crippen LogP contribution is -2.35. The Morgan fingerprint density at radius 3 is 2.42 bits per heavy atom. The Hall–Kier alpha value is -0.890. The summed E-state index contributed by atoms with van der Waals surface area (Å²) in [6, 6.07) is 4.83. The predicted octanol–water partition coefficient (Wildman–Crippen LogP) is 3.98. The fourth-order valence-electron chi connectivity index (χ4n) is 2.18. The van der Waals surface area contributed by atoms with E-state index in [0.717, 1.165) is 13.0 Å². The van der Waals surface area contributed by atoms with Crippen molar-refractivity contribution in [3.05, 3.63) is 29.6 Å². The van der Waals surface area contributed by atoms with Gasteiger partial charge in [0.25, 0.3) is 0 Å². The molecule has 19 heavy (non-hydrogen) atoms. The number of hydrogen-bond acceptors (Lipinski definition) is 2. The van der Waals surface area contributed by atoms with Gasteiger partial charge in [-0.2, -0.15) is 0 Å². The molecule has 0 saturated heterocycles. The highest BCUT2D eigenvalue weighted by atomic mass is 14.9. The first kappa shape index (κ1) is 16.2. The summed E-state index contributed by atoms with van der Waals surface area (Å²) in [7, 11) is 0. The standard InChI is InChI=1S/C17H30N2/c1-7-18-16(10-14(3)17(4,5)6)11-15-9-8-13(2)12-19-15/h8-9,12,14,16,18H,7,10-11H2,1-6H3. The molecule has 2 atom stereocenters. The third-order valence-electron chi connectivity index (χ3n) is 4.04. The Bertz CT molecular complexity index is 362. The van der Waals surface area contributed by atoms with Crippen molar-refractivity contribution in [2.24, 2.45) is 11.3 Å². The Balaban J connectivity index is 2.64. The van der Waals surface area contributed by atoms with Crippen molar-refractivity contribution in [1.29, 1.82) is 0 Å². The van der Waals surface area contributed by atoms with E-state index in [0.29, 0.717) is 17.4 Å². The van der Waals surface area contributed by atoms with Crippen LogP contribution in [0.15, 0.2) is 18.3 Å². The number of hydrogen-bond donors (Lipinski definition) is 1. The fourth-order valence-corrected chi connectivity index (χ4v) is 2.18. The molecule has 0 saturated carbocycles. The minimum atomic E-state index is 0.369. The van der Waals surface area contributed by atoms with E-state index >= 15 is 0 Å². The van der Waals surface area contributed by atoms with Crippen LogP contribution in [0.5, 0.6) is 0 Å². The van der Waals surface area contributed by atoms with Gasteiger partial charge in [-0.1, -0.05) is 40.7 Å². The molecule has 1 heterocycles. The molecule has 0 amide bonds. The zero-order valence-electron chi connectivity index (χ0n) is 13.5. The van der Waals surface area contributed by atoms with Gasteiger partial charge in [-0.3, -0.25) is 4.98 Å². The topological polar surface area (TPSA) is 24.9 Å². The zero-order chi connectivity index (χ0) is 14.5. The summed E-state index contributed by atoms with van der Waals surface area (Å²) >= 11 is 0. The second-order valence-electron chi connectivity index (χ2n) is 6.79. The number of rotatable bonds is 6. The molecule has 0 spiro atoms. The lowest BCUT2D eigenvalue weighted by atomic mass is 9.78. The zero-order valence-corrected chi connectivity index (χ0v) is 13.5. The summed E-state index contributed by atoms with van der Waals surface area (Å²) in [5.41, 5.74) is 2.79. The fraction of sp³-hybridized carbons (Fsp3) is 0.706. The molecule has 0 fully saturated rings. The van der Waals surface area contributed by atoms with Crippen molar-refractivity contribution in [3.63, 3.8) is 0 Å². The Morgan fingerprint density at radius 2 is 1.95 bits per heavy atom. The van der Waals surface area contributed by atoms with Crippen LogP contribution in [0.25, 0.3) is 0 Å². The van der Waals surface area contributed by atoms with Crippen LogP contribution < -0.4 is 5.32 Å². The van der Waals surface area contributed by atoms with Gasteiger partial charge < -0.3 is 5.32 Å². The van der Waals surface area contributed by atoms with Gasteiger partial charge in [0.15, 0.2) is 0 Å². The van der Waals surface area contributed by atoms with Crippen molar-refractivity contribution in [2.45, 2.75) is 60.4 Å². The SMILES string of the molecule is CCNC(Cc1ccc(C)cn1)CC(C)C(C)(C)C. The second kappa shape index (κ2) is 7.04. The molecule has 0 aliphatic heterocycles. The minimum absolute atomic E-state index is 0.369. The van der Waals surface area contributed by atoms with Crippen molar-refractivity contribution in [2.75, 3.05) is 6.54 Å². The first-order chi connectivity index (χ1) is 8.82. The molecule has 1 aromatic rings. The molecule has 1 rings (SSSR count). The van der Waals surface area contributed by atoms with Crippen LogP contribution in [-0.2, 0) is 6.42 Å². The third-order valence-corrected chi connectivity index (χ3v) is 4.04. The van der Waals surface area contributed by atoms with Crippen LogP contribution in [0.1, 0.15) is 52.3 Å². The van der Waals surface area contributed by atoms with Gasteiger partial charge in [-0.05, 0) is 42.9 Å². The molecule has 2 nitrogen and oxygen atoms in total. The van der Waals surface area contributed by atoms with Crippen molar-refractivity contribution in [3.8, 4) is 0 Å². The molecule has 1 aromatic heterocycles. The van der Waals surface area contributed by atoms with Crippen LogP contribution in [0, 0.1) is 18.3 Å². The van der Waals surface area contributed by atoms with Gasteiger partial charge in [0.05, 0.1) is 0 Å². The predicted molar refractivity (Wildman–Crippen MR) is 83.4 cm³/mol. The number of pyridine rings is 1. The van der Waals surface area contributed by atoms with Gasteiger partial charge in [0.2, 0.25) is 0 Å². The molecule has 0 bridgehead atoms. The van der Waals surface area contributed by atoms with Crippen molar-refractivity contribution >= 4 is 0 Å². The number of nitrogens with one attached hydrogen (secondary N) is 1. The molecule has 2 unspecified atom stereocenters. The number of aryl methyl sites for hydroxylation is 1. The molecule has 1 N–H and O–H groups in total. The molecular formula is C17H30N2. The van der Waals surface area contributed by atoms with Gasteiger partial charge in [0.1, 0.15) is 0 Å². The normalized spacial score (nSPS) is 15.3. The smallest absolute Gasteiger partial charge is 0.0419 e. The quantitative estimate of drug-likeness (QED) is 0.838. The van der Waals surface area contributed by atoms with E-state index in [4.69, 9.17) is 0 Å². The second-order valence-corrected chi connectivity index (χ2v) is 6.79. The minimum Gasteiger partial charge on any atom is -0.314 e. The van der Waals surface area contributed by atoms with Crippen LogP contribution in [0.3, 0.4) is 0 Å². The highest BCUT2D eigenvalue weighted by Crippen LogP contribution is 2.29. The van der Waals surface area contributed by atoms with E-state index in [9.17, 15) is 0 Å². The summed E-state index contributed by atoms with van der Waals surface area (Å²) in [6.45, 7) is 14.6. The van der Waals surface area contributed by atoms with Crippen molar-refractivity contribution < 1.29 is 0 Å². The number of nitrogens with zero attached hydrogens (tertiary/aromatic N) is 1. The maximum absolute atomic E-state index is 4.53. The van der Waals surface area contributed by atoms with Gasteiger partial charge in [-0.25, -0.2) is 0 Å². The maximum atomic E-state index is 4.53. The molecule has 0 aliphatic carbocycles. The van der Waals surface area contributed by atoms with E-state index in [-0.39, 0.29) is 0 Å². The maximum Gasteiger partial charge on any atom is 0.0419 e. The van der Waals surface area contributed by atoms with E-state index < -0.39 is 0 Å². The van der Waals surface area contributed by atoms with Crippen molar-refractivity contribution in [1.82, 2.24) is 10.3 Å². The van der Waals surface area contributed by atoms with E-state index in [2.05, 4.69) is 64.0 Å². The first-order valence-electron chi connectivity index (χ1n) is 7.47. The molecule has 0 aliphatic rings. The highest BCUT2D eigenvalue weighted by Gasteiger charge is 2.23. The largest absolute Gasteiger partial charge is 0.314 e. The van der Waals surface area contributed by atoms with Crippen LogP contribution in [0.2, 0.25) is 0 Å². The van der Waals surface area contributed by atoms with Gasteiger partial charge in [-0.15, -0.1) is 0 Å². The average Bonchev–Trinajstić information content (AvgIpc) is 2.31. The monoisotopic (exact) mass is 262 g/mol. The summed E-state index contributed by atoms with van der Waals surface area (Å²) in [4.78, 5) is 4.53. The lowest BCUT2D eigenvalue weighted by Gasteiger charge is -2.31. The highest BCUT2D eigenvalue weighted by molar-refractivity contribution is 5.13. The van der Waals surface area contributed by atoms with E-state index in [1.54, 1.807) is 0 Å². The third kappa shape index (κ3) is 5.73. The first-order valence-corrected chi connectivity index (χ1v) is 7.47. The van der Waals surface area contributed by atoms with Gasteiger partial charge in [0, 0.05) is 24.4 Å². The van der Waals surface area contributed by atoms with Gasteiger partial charge >= 0.3 is 0 Å². The summed E-state index contributed by atoms with van der Waals surface area (Å²) < 4.78 is 0. The molecular weight excluding hydrogens is 232 g/mol. The van der Waals surface area contributed by atoms with E-state index in [1.165, 1.54) is 17.7 Å². The number of likely N-dealkylation sites (N-methyl/N-ethyl adjacent to an activating group) is 1. The summed E-state index contributed by atoms with van der Waals surface area (Å²) in [6.07, 6.45) is 4.19. The molecule has 2 heteroatoms. The molecule has 108 valence electrons. The summed E-state index contributed by atoms with van der Waals surface area (Å²) in [5.74, 6) is 0.696.